The van der Waals surface area contributed by atoms with E-state index in [1.807, 2.05) is 86.3 Å². The molecular weight excluding hydrogens is 1010 g/mol. The first-order chi connectivity index (χ1) is 37.0. The molecule has 4 N–H and O–H groups in total. The Kier molecular flexibility index (Phi) is 24.6. The zero-order valence-corrected chi connectivity index (χ0v) is 49.8. The number of carbonyl (C=O) groups is 8. The molecule has 2 aliphatic heterocycles. The van der Waals surface area contributed by atoms with E-state index in [0.717, 1.165) is 11.1 Å². The lowest BCUT2D eigenvalue weighted by Gasteiger charge is -2.38. The summed E-state index contributed by atoms with van der Waals surface area (Å²) in [4.78, 5) is 121. The predicted molar refractivity (Wildman–Crippen MR) is 305 cm³/mol. The number of likely N-dealkylation sites (tertiary alicyclic amines) is 2. The Morgan fingerprint density at radius 3 is 1.41 bits per heavy atom. The molecule has 79 heavy (non-hydrogen) atoms. The number of amides is 8. The number of hydrogen-bond acceptors (Lipinski definition) is 11. The molecular formula is C60H95N9O10. The van der Waals surface area contributed by atoms with Crippen LogP contribution in [0.5, 0.6) is 0 Å². The first-order valence-electron chi connectivity index (χ1n) is 28.5. The van der Waals surface area contributed by atoms with Crippen molar-refractivity contribution >= 4 is 47.6 Å². The van der Waals surface area contributed by atoms with Gasteiger partial charge in [0.25, 0.3) is 0 Å². The molecule has 2 aromatic rings. The second kappa shape index (κ2) is 29.8. The molecule has 6 atom stereocenters. The number of benzene rings is 2. The van der Waals surface area contributed by atoms with E-state index >= 15 is 0 Å². The Morgan fingerprint density at radius 2 is 1.01 bits per heavy atom. The lowest BCUT2D eigenvalue weighted by molar-refractivity contribution is -0.142. The predicted octanol–water partition coefficient (Wildman–Crippen LogP) is 6.55. The zero-order valence-electron chi connectivity index (χ0n) is 49.8. The van der Waals surface area contributed by atoms with Crippen molar-refractivity contribution in [2.45, 2.75) is 194 Å². The summed E-state index contributed by atoms with van der Waals surface area (Å²) in [5, 5.41) is 5.85. The number of rotatable bonds is 25. The first kappa shape index (κ1) is 65.3. The van der Waals surface area contributed by atoms with Crippen molar-refractivity contribution < 1.29 is 47.8 Å². The van der Waals surface area contributed by atoms with Gasteiger partial charge in [-0.2, -0.15) is 0 Å². The Hall–Kier alpha value is -6.24. The minimum Gasteiger partial charge on any atom is -0.444 e. The maximum atomic E-state index is 14.6. The highest BCUT2D eigenvalue weighted by molar-refractivity contribution is 5.93. The SMILES string of the molecule is C[C@@H](C(=O)NC(C(=O)N1CCC[C@H]1CN(CCc1ccccc1)C(=O)CCCC(=O)N(CCc1ccccc1)C[C@@H]1CCCN1C(=O)[C@H](CCCN)NC(=O)[C@H](C)N(C)C(=O)OC(C)(C)C)C(C)(C)C)N(C)C(=O)OC(C)(C)C. The zero-order chi connectivity index (χ0) is 58.8. The molecule has 0 spiro atoms. The molecule has 0 bridgehead atoms. The second-order valence-electron chi connectivity index (χ2n) is 24.5. The molecule has 0 aromatic heterocycles. The van der Waals surface area contributed by atoms with Gasteiger partial charge in [0, 0.05) is 78.3 Å². The van der Waals surface area contributed by atoms with Crippen LogP contribution >= 0.6 is 0 Å². The molecule has 0 aliphatic carbocycles. The largest absolute Gasteiger partial charge is 0.444 e. The highest BCUT2D eigenvalue weighted by atomic mass is 16.6. The third-order valence-corrected chi connectivity index (χ3v) is 14.7. The van der Waals surface area contributed by atoms with Gasteiger partial charge >= 0.3 is 12.2 Å². The average Bonchev–Trinajstić information content (AvgIpc) is 4.06. The molecule has 1 unspecified atom stereocenters. The number of nitrogens with zero attached hydrogens (tertiary/aromatic N) is 6. The number of ether oxygens (including phenoxy) is 2. The third kappa shape index (κ3) is 20.7. The fourth-order valence-corrected chi connectivity index (χ4v) is 9.79. The Morgan fingerprint density at radius 1 is 0.608 bits per heavy atom. The molecule has 0 radical (unpaired) electrons. The van der Waals surface area contributed by atoms with Gasteiger partial charge < -0.3 is 45.4 Å². The minimum atomic E-state index is -0.933. The summed E-state index contributed by atoms with van der Waals surface area (Å²) in [5.74, 6) is -1.81. The molecule has 2 aliphatic rings. The number of carbonyl (C=O) groups excluding carboxylic acids is 8. The Bertz CT molecular complexity index is 2330. The normalized spacial score (nSPS) is 17.2. The minimum absolute atomic E-state index is 0.0918. The second-order valence-corrected chi connectivity index (χ2v) is 24.5. The third-order valence-electron chi connectivity index (χ3n) is 14.7. The van der Waals surface area contributed by atoms with Crippen molar-refractivity contribution in [3.05, 3.63) is 71.8 Å². The van der Waals surface area contributed by atoms with E-state index in [2.05, 4.69) is 10.6 Å². The van der Waals surface area contributed by atoms with Gasteiger partial charge in [-0.1, -0.05) is 81.4 Å². The van der Waals surface area contributed by atoms with Crippen LogP contribution in [0.4, 0.5) is 9.59 Å². The molecule has 2 saturated heterocycles. The molecule has 19 nitrogen and oxygen atoms in total. The van der Waals surface area contributed by atoms with E-state index in [1.165, 1.54) is 23.9 Å². The standard InChI is InChI=1S/C60H95N9O10/c1-42(64(12)56(76)78-59(6,7)8)52(72)62-48(30-21-35-61)54(74)68-36-22-28-46(68)40-66(38-33-44-24-16-14-17-25-44)49(70)31-20-32-50(71)67(39-34-45-26-18-15-19-27-45)41-47-29-23-37-69(47)55(75)51(58(3,4)5)63-53(73)43(2)65(13)57(77)79-60(9,10)11/h14-19,24-27,42-43,46-48,51H,20-23,28-41,61H2,1-13H3,(H,62,72)(H,63,73)/t42-,43-,46-,47-,48-,51?/m0/s1. The lowest BCUT2D eigenvalue weighted by Crippen LogP contribution is -2.59. The van der Waals surface area contributed by atoms with Gasteiger partial charge in [0.2, 0.25) is 35.4 Å². The molecule has 2 aromatic carbocycles. The van der Waals surface area contributed by atoms with Gasteiger partial charge in [0.1, 0.15) is 35.4 Å². The van der Waals surface area contributed by atoms with Crippen molar-refractivity contribution in [3.8, 4) is 0 Å². The summed E-state index contributed by atoms with van der Waals surface area (Å²) < 4.78 is 11.0. The molecule has 8 amide bonds. The smallest absolute Gasteiger partial charge is 0.410 e. The maximum absolute atomic E-state index is 14.6. The topological polar surface area (TPSA) is 225 Å². The number of hydrogen-bond donors (Lipinski definition) is 3. The highest BCUT2D eigenvalue weighted by Crippen LogP contribution is 2.28. The summed E-state index contributed by atoms with van der Waals surface area (Å²) in [6.45, 7) is 21.8. The fourth-order valence-electron chi connectivity index (χ4n) is 9.79. The van der Waals surface area contributed by atoms with Crippen LogP contribution in [0.25, 0.3) is 0 Å². The molecule has 19 heteroatoms. The van der Waals surface area contributed by atoms with Crippen LogP contribution in [0.1, 0.15) is 145 Å². The van der Waals surface area contributed by atoms with Crippen LogP contribution < -0.4 is 16.4 Å². The van der Waals surface area contributed by atoms with E-state index in [9.17, 15) is 38.4 Å². The van der Waals surface area contributed by atoms with E-state index < -0.39 is 64.8 Å². The summed E-state index contributed by atoms with van der Waals surface area (Å²) in [7, 11) is 2.97. The van der Waals surface area contributed by atoms with Gasteiger partial charge in [0.05, 0.1) is 0 Å². The summed E-state index contributed by atoms with van der Waals surface area (Å²) in [6, 6.07) is 15.4. The van der Waals surface area contributed by atoms with Gasteiger partial charge in [-0.3, -0.25) is 38.6 Å². The van der Waals surface area contributed by atoms with Gasteiger partial charge in [-0.05, 0) is 136 Å². The number of likely N-dealkylation sites (N-methyl/N-ethyl adjacent to an activating group) is 2. The average molecular weight is 1100 g/mol. The quantitative estimate of drug-likeness (QED) is 0.0967. The monoisotopic (exact) mass is 1100 g/mol. The summed E-state index contributed by atoms with van der Waals surface area (Å²) in [5.41, 5.74) is 5.78. The highest BCUT2D eigenvalue weighted by Gasteiger charge is 2.42. The first-order valence-corrected chi connectivity index (χ1v) is 28.5. The number of nitrogens with one attached hydrogen (secondary N) is 2. The molecule has 0 saturated carbocycles. The van der Waals surface area contributed by atoms with Crippen LogP contribution in [-0.2, 0) is 51.1 Å². The maximum Gasteiger partial charge on any atom is 0.410 e. The van der Waals surface area contributed by atoms with Crippen LogP contribution in [0.2, 0.25) is 0 Å². The van der Waals surface area contributed by atoms with Crippen molar-refractivity contribution in [2.24, 2.45) is 11.1 Å². The summed E-state index contributed by atoms with van der Waals surface area (Å²) in [6.07, 6.45) is 3.80. The van der Waals surface area contributed by atoms with E-state index in [4.69, 9.17) is 15.2 Å². The van der Waals surface area contributed by atoms with Crippen molar-refractivity contribution in [1.29, 1.82) is 0 Å². The molecule has 440 valence electrons. The lowest BCUT2D eigenvalue weighted by atomic mass is 9.85. The van der Waals surface area contributed by atoms with Crippen molar-refractivity contribution in [1.82, 2.24) is 40.0 Å². The fraction of sp³-hybridized carbons (Fsp3) is 0.667. The van der Waals surface area contributed by atoms with E-state index in [0.29, 0.717) is 84.1 Å². The Labute approximate surface area is 471 Å². The Balaban J connectivity index is 1.50. The van der Waals surface area contributed by atoms with Crippen LogP contribution in [0.15, 0.2) is 60.7 Å². The molecule has 2 fully saturated rings. The molecule has 2 heterocycles. The van der Waals surface area contributed by atoms with Crippen LogP contribution in [-0.4, -0.2) is 184 Å². The van der Waals surface area contributed by atoms with Crippen molar-refractivity contribution in [3.63, 3.8) is 0 Å². The van der Waals surface area contributed by atoms with Crippen LogP contribution in [0, 0.1) is 5.41 Å². The van der Waals surface area contributed by atoms with E-state index in [-0.39, 0.29) is 68.1 Å². The van der Waals surface area contributed by atoms with E-state index in [1.54, 1.807) is 70.1 Å². The van der Waals surface area contributed by atoms with Crippen LogP contribution in [0.3, 0.4) is 0 Å². The van der Waals surface area contributed by atoms with Gasteiger partial charge in [-0.25, -0.2) is 9.59 Å². The number of nitrogens with two attached hydrogens (primary N) is 1. The van der Waals surface area contributed by atoms with Gasteiger partial charge in [0.15, 0.2) is 0 Å². The summed E-state index contributed by atoms with van der Waals surface area (Å²) >= 11 is 0. The van der Waals surface area contributed by atoms with Crippen molar-refractivity contribution in [2.75, 3.05) is 59.9 Å². The van der Waals surface area contributed by atoms with Gasteiger partial charge in [-0.15, -0.1) is 0 Å². The molecule has 4 rings (SSSR count).